The zero-order valence-electron chi connectivity index (χ0n) is 16.8. The Morgan fingerprint density at radius 1 is 1.15 bits per heavy atom. The van der Waals surface area contributed by atoms with Crippen molar-refractivity contribution in [1.82, 2.24) is 9.80 Å². The number of nitrogens with zero attached hydrogens (tertiary/aromatic N) is 2. The molecule has 0 spiro atoms. The Labute approximate surface area is 157 Å². The summed E-state index contributed by atoms with van der Waals surface area (Å²) in [6.07, 6.45) is 2.28. The molecule has 0 N–H and O–H groups in total. The molecule has 2 atom stereocenters. The molecule has 1 aromatic carbocycles. The van der Waals surface area contributed by atoms with Crippen molar-refractivity contribution < 1.29 is 9.53 Å². The molecule has 1 amide bonds. The highest BCUT2D eigenvalue weighted by Crippen LogP contribution is 2.60. The highest BCUT2D eigenvalue weighted by molar-refractivity contribution is 5.84. The molecule has 1 aliphatic carbocycles. The van der Waals surface area contributed by atoms with Crippen LogP contribution in [0.5, 0.6) is 5.75 Å². The van der Waals surface area contributed by atoms with E-state index in [4.69, 9.17) is 4.74 Å². The van der Waals surface area contributed by atoms with Crippen molar-refractivity contribution in [2.24, 2.45) is 17.3 Å². The van der Waals surface area contributed by atoms with Crippen LogP contribution in [0.15, 0.2) is 35.9 Å². The van der Waals surface area contributed by atoms with Gasteiger partial charge in [0.1, 0.15) is 5.75 Å². The number of carbonyl (C=O) groups is 1. The highest BCUT2D eigenvalue weighted by atomic mass is 16.5. The van der Waals surface area contributed by atoms with Crippen LogP contribution >= 0.6 is 0 Å². The van der Waals surface area contributed by atoms with Crippen LogP contribution in [0.1, 0.15) is 33.3 Å². The van der Waals surface area contributed by atoms with Gasteiger partial charge in [0, 0.05) is 32.7 Å². The van der Waals surface area contributed by atoms with Crippen LogP contribution in [-0.2, 0) is 11.3 Å². The van der Waals surface area contributed by atoms with E-state index < -0.39 is 0 Å². The molecule has 3 rings (SSSR count). The van der Waals surface area contributed by atoms with Crippen LogP contribution < -0.4 is 4.74 Å². The number of rotatable bonds is 5. The van der Waals surface area contributed by atoms with Crippen LogP contribution in [0.4, 0.5) is 0 Å². The molecule has 1 saturated heterocycles. The smallest absolute Gasteiger partial charge is 0.226 e. The topological polar surface area (TPSA) is 32.8 Å². The van der Waals surface area contributed by atoms with Crippen molar-refractivity contribution in [3.05, 3.63) is 41.5 Å². The first-order valence-corrected chi connectivity index (χ1v) is 9.62. The monoisotopic (exact) mass is 356 g/mol. The Morgan fingerprint density at radius 2 is 1.77 bits per heavy atom. The van der Waals surface area contributed by atoms with Gasteiger partial charge >= 0.3 is 0 Å². The van der Waals surface area contributed by atoms with E-state index in [-0.39, 0.29) is 11.3 Å². The molecule has 2 aliphatic rings. The Morgan fingerprint density at radius 3 is 2.31 bits per heavy atom. The number of hydrogen-bond acceptors (Lipinski definition) is 3. The lowest BCUT2D eigenvalue weighted by Gasteiger charge is -2.35. The zero-order valence-corrected chi connectivity index (χ0v) is 16.8. The van der Waals surface area contributed by atoms with Gasteiger partial charge in [-0.3, -0.25) is 9.69 Å². The van der Waals surface area contributed by atoms with Crippen molar-refractivity contribution in [1.29, 1.82) is 0 Å². The van der Waals surface area contributed by atoms with E-state index in [1.807, 2.05) is 12.1 Å². The lowest BCUT2D eigenvalue weighted by molar-refractivity contribution is -0.135. The van der Waals surface area contributed by atoms with Gasteiger partial charge in [-0.1, -0.05) is 37.6 Å². The second kappa shape index (κ2) is 7.43. The van der Waals surface area contributed by atoms with Gasteiger partial charge in [0.15, 0.2) is 0 Å². The van der Waals surface area contributed by atoms with Crippen molar-refractivity contribution in [3.8, 4) is 5.75 Å². The number of amides is 1. The van der Waals surface area contributed by atoms with Crippen molar-refractivity contribution in [2.75, 3.05) is 33.3 Å². The van der Waals surface area contributed by atoms with Crippen LogP contribution in [-0.4, -0.2) is 49.0 Å². The van der Waals surface area contributed by atoms with Gasteiger partial charge in [0.2, 0.25) is 5.91 Å². The minimum atomic E-state index is 0.106. The fourth-order valence-corrected chi connectivity index (χ4v) is 4.13. The van der Waals surface area contributed by atoms with E-state index in [1.54, 1.807) is 7.11 Å². The van der Waals surface area contributed by atoms with E-state index in [0.717, 1.165) is 38.5 Å². The number of allylic oxidation sites excluding steroid dienone is 2. The van der Waals surface area contributed by atoms with Gasteiger partial charge in [0.25, 0.3) is 0 Å². The lowest BCUT2D eigenvalue weighted by atomic mass is 10.1. The number of methoxy groups -OCH3 is 1. The van der Waals surface area contributed by atoms with E-state index in [9.17, 15) is 4.79 Å². The number of benzene rings is 1. The average molecular weight is 357 g/mol. The molecular formula is C22H32N2O2. The molecule has 1 heterocycles. The standard InChI is InChI=1S/C22H32N2O2/c1-16(2)14-19-20(22(19,3)4)21(25)24-12-10-23(11-13-24)15-17-6-8-18(26-5)9-7-17/h6-9,14,19-20H,10-13,15H2,1-5H3. The summed E-state index contributed by atoms with van der Waals surface area (Å²) in [6, 6.07) is 8.25. The molecule has 0 bridgehead atoms. The molecule has 142 valence electrons. The summed E-state index contributed by atoms with van der Waals surface area (Å²) in [5.41, 5.74) is 2.70. The van der Waals surface area contributed by atoms with Crippen LogP contribution in [0, 0.1) is 17.3 Å². The quantitative estimate of drug-likeness (QED) is 0.756. The maximum Gasteiger partial charge on any atom is 0.226 e. The fraction of sp³-hybridized carbons (Fsp3) is 0.591. The van der Waals surface area contributed by atoms with Crippen LogP contribution in [0.3, 0.4) is 0 Å². The predicted octanol–water partition coefficient (Wildman–Crippen LogP) is 3.58. The number of carbonyl (C=O) groups excluding carboxylic acids is 1. The SMILES string of the molecule is COc1ccc(CN2CCN(C(=O)C3C(C=C(C)C)C3(C)C)CC2)cc1. The van der Waals surface area contributed by atoms with Crippen molar-refractivity contribution in [2.45, 2.75) is 34.2 Å². The lowest BCUT2D eigenvalue weighted by Crippen LogP contribution is -2.49. The molecule has 4 heteroatoms. The summed E-state index contributed by atoms with van der Waals surface area (Å²) in [5.74, 6) is 1.80. The molecule has 1 aliphatic heterocycles. The van der Waals surface area contributed by atoms with Crippen molar-refractivity contribution in [3.63, 3.8) is 0 Å². The number of ether oxygens (including phenoxy) is 1. The van der Waals surface area contributed by atoms with E-state index in [1.165, 1.54) is 11.1 Å². The van der Waals surface area contributed by atoms with Gasteiger partial charge in [-0.25, -0.2) is 0 Å². The Balaban J connectivity index is 1.52. The molecule has 0 radical (unpaired) electrons. The molecule has 0 aromatic heterocycles. The van der Waals surface area contributed by atoms with Gasteiger partial charge < -0.3 is 9.64 Å². The van der Waals surface area contributed by atoms with Crippen LogP contribution in [0.25, 0.3) is 0 Å². The second-order valence-corrected chi connectivity index (χ2v) is 8.52. The summed E-state index contributed by atoms with van der Waals surface area (Å²) in [5, 5.41) is 0. The van der Waals surface area contributed by atoms with E-state index in [2.05, 4.69) is 55.7 Å². The maximum atomic E-state index is 13.0. The Kier molecular flexibility index (Phi) is 5.42. The second-order valence-electron chi connectivity index (χ2n) is 8.52. The average Bonchev–Trinajstić information content (AvgIpc) is 3.15. The first kappa shape index (κ1) is 19.0. The number of piperazine rings is 1. The highest BCUT2D eigenvalue weighted by Gasteiger charge is 2.61. The largest absolute Gasteiger partial charge is 0.497 e. The predicted molar refractivity (Wildman–Crippen MR) is 105 cm³/mol. The number of hydrogen-bond donors (Lipinski definition) is 0. The first-order chi connectivity index (χ1) is 12.3. The van der Waals surface area contributed by atoms with Gasteiger partial charge in [0.05, 0.1) is 13.0 Å². The minimum Gasteiger partial charge on any atom is -0.497 e. The molecule has 1 aromatic rings. The molecular weight excluding hydrogens is 324 g/mol. The zero-order chi connectivity index (χ0) is 18.9. The summed E-state index contributed by atoms with van der Waals surface area (Å²) in [7, 11) is 1.69. The van der Waals surface area contributed by atoms with Crippen molar-refractivity contribution >= 4 is 5.91 Å². The van der Waals surface area contributed by atoms with Crippen LogP contribution in [0.2, 0.25) is 0 Å². The molecule has 2 unspecified atom stereocenters. The minimum absolute atomic E-state index is 0.106. The molecule has 2 fully saturated rings. The third-order valence-electron chi connectivity index (χ3n) is 5.94. The normalized spacial score (nSPS) is 24.9. The molecule has 1 saturated carbocycles. The van der Waals surface area contributed by atoms with E-state index in [0.29, 0.717) is 11.8 Å². The molecule has 4 nitrogen and oxygen atoms in total. The first-order valence-electron chi connectivity index (χ1n) is 9.62. The summed E-state index contributed by atoms with van der Waals surface area (Å²) < 4.78 is 5.22. The fourth-order valence-electron chi connectivity index (χ4n) is 4.13. The summed E-state index contributed by atoms with van der Waals surface area (Å²) in [4.78, 5) is 17.5. The van der Waals surface area contributed by atoms with E-state index >= 15 is 0 Å². The molecule has 26 heavy (non-hydrogen) atoms. The third kappa shape index (κ3) is 3.96. The summed E-state index contributed by atoms with van der Waals surface area (Å²) >= 11 is 0. The van der Waals surface area contributed by atoms with Gasteiger partial charge in [-0.2, -0.15) is 0 Å². The Hall–Kier alpha value is -1.81. The summed E-state index contributed by atoms with van der Waals surface area (Å²) in [6.45, 7) is 13.2. The van der Waals surface area contributed by atoms with Gasteiger partial charge in [-0.15, -0.1) is 0 Å². The Bertz CT molecular complexity index is 666. The third-order valence-corrected chi connectivity index (χ3v) is 5.94. The van der Waals surface area contributed by atoms with Gasteiger partial charge in [-0.05, 0) is 42.9 Å². The maximum absolute atomic E-state index is 13.0.